The Balaban J connectivity index is 1.39. The third-order valence-electron chi connectivity index (χ3n) is 5.13. The molecule has 0 N–H and O–H groups in total. The number of benzene rings is 3. The minimum absolute atomic E-state index is 0.724. The van der Waals surface area contributed by atoms with Crippen LogP contribution >= 0.6 is 0 Å². The molecule has 0 saturated heterocycles. The zero-order chi connectivity index (χ0) is 21.0. The van der Waals surface area contributed by atoms with Crippen molar-refractivity contribution in [1.82, 2.24) is 19.9 Å². The SMILES string of the molecule is Cc1cccc(-c2ncc(-c3ccc(-c4ccnc(-c5ccccc5)n4)cc3)cn2)c1. The highest BCUT2D eigenvalue weighted by molar-refractivity contribution is 5.69. The van der Waals surface area contributed by atoms with E-state index in [-0.39, 0.29) is 0 Å². The van der Waals surface area contributed by atoms with Crippen LogP contribution in [0.15, 0.2) is 104 Å². The summed E-state index contributed by atoms with van der Waals surface area (Å²) in [5.41, 5.74) is 7.21. The average Bonchev–Trinajstić information content (AvgIpc) is 2.85. The Morgan fingerprint density at radius 1 is 0.516 bits per heavy atom. The van der Waals surface area contributed by atoms with Gasteiger partial charge in [-0.25, -0.2) is 19.9 Å². The third kappa shape index (κ3) is 4.09. The van der Waals surface area contributed by atoms with Crippen molar-refractivity contribution in [2.24, 2.45) is 0 Å². The summed E-state index contributed by atoms with van der Waals surface area (Å²) >= 11 is 0. The van der Waals surface area contributed by atoms with Crippen LogP contribution in [-0.4, -0.2) is 19.9 Å². The van der Waals surface area contributed by atoms with Crippen LogP contribution in [0.25, 0.3) is 45.2 Å². The van der Waals surface area contributed by atoms with E-state index < -0.39 is 0 Å². The fourth-order valence-corrected chi connectivity index (χ4v) is 3.49. The van der Waals surface area contributed by atoms with Gasteiger partial charge in [0.15, 0.2) is 11.6 Å². The molecule has 4 nitrogen and oxygen atoms in total. The van der Waals surface area contributed by atoms with Crippen molar-refractivity contribution in [3.05, 3.63) is 109 Å². The van der Waals surface area contributed by atoms with E-state index in [9.17, 15) is 0 Å². The highest BCUT2D eigenvalue weighted by atomic mass is 14.9. The second kappa shape index (κ2) is 8.28. The van der Waals surface area contributed by atoms with E-state index in [1.54, 1.807) is 6.20 Å². The number of aromatic nitrogens is 4. The lowest BCUT2D eigenvalue weighted by atomic mass is 10.0. The van der Waals surface area contributed by atoms with Gasteiger partial charge in [-0.15, -0.1) is 0 Å². The van der Waals surface area contributed by atoms with Gasteiger partial charge in [-0.3, -0.25) is 0 Å². The van der Waals surface area contributed by atoms with Gasteiger partial charge in [0.1, 0.15) is 0 Å². The van der Waals surface area contributed by atoms with E-state index in [0.29, 0.717) is 0 Å². The third-order valence-corrected chi connectivity index (χ3v) is 5.13. The zero-order valence-corrected chi connectivity index (χ0v) is 17.1. The topological polar surface area (TPSA) is 51.6 Å². The maximum atomic E-state index is 4.73. The van der Waals surface area contributed by atoms with Gasteiger partial charge >= 0.3 is 0 Å². The highest BCUT2D eigenvalue weighted by Gasteiger charge is 2.07. The van der Waals surface area contributed by atoms with Crippen molar-refractivity contribution >= 4 is 0 Å². The van der Waals surface area contributed by atoms with Gasteiger partial charge in [0, 0.05) is 40.8 Å². The Hall–Kier alpha value is -4.18. The molecule has 0 spiro atoms. The van der Waals surface area contributed by atoms with Gasteiger partial charge in [0.25, 0.3) is 0 Å². The van der Waals surface area contributed by atoms with E-state index in [4.69, 9.17) is 4.98 Å². The molecule has 0 unspecified atom stereocenters. The summed E-state index contributed by atoms with van der Waals surface area (Å²) in [4.78, 5) is 18.3. The molecule has 0 fully saturated rings. The van der Waals surface area contributed by atoms with Crippen molar-refractivity contribution in [2.75, 3.05) is 0 Å². The van der Waals surface area contributed by atoms with Crippen LogP contribution in [-0.2, 0) is 0 Å². The van der Waals surface area contributed by atoms with Crippen molar-refractivity contribution in [1.29, 1.82) is 0 Å². The fourth-order valence-electron chi connectivity index (χ4n) is 3.49. The molecule has 0 bridgehead atoms. The zero-order valence-electron chi connectivity index (χ0n) is 17.1. The number of rotatable bonds is 4. The van der Waals surface area contributed by atoms with Gasteiger partial charge in [-0.05, 0) is 24.6 Å². The highest BCUT2D eigenvalue weighted by Crippen LogP contribution is 2.25. The molecular formula is C27H20N4. The van der Waals surface area contributed by atoms with Gasteiger partial charge in [-0.1, -0.05) is 78.4 Å². The second-order valence-corrected chi connectivity index (χ2v) is 7.37. The van der Waals surface area contributed by atoms with Gasteiger partial charge < -0.3 is 0 Å². The molecule has 2 aromatic heterocycles. The Kier molecular flexibility index (Phi) is 5.03. The first kappa shape index (κ1) is 18.8. The minimum Gasteiger partial charge on any atom is -0.237 e. The first-order valence-electron chi connectivity index (χ1n) is 10.1. The van der Waals surface area contributed by atoms with Crippen molar-refractivity contribution < 1.29 is 0 Å². The Bertz CT molecular complexity index is 1310. The standard InChI is InChI=1S/C27H20N4/c1-19-6-5-9-23(16-19)26-29-17-24(18-30-26)20-10-12-21(13-11-20)25-14-15-28-27(31-25)22-7-3-2-4-8-22/h2-18H,1H3. The van der Waals surface area contributed by atoms with Crippen molar-refractivity contribution in [3.8, 4) is 45.2 Å². The first-order chi connectivity index (χ1) is 15.3. The van der Waals surface area contributed by atoms with Crippen LogP contribution in [0.3, 0.4) is 0 Å². The first-order valence-corrected chi connectivity index (χ1v) is 10.1. The molecule has 2 heterocycles. The molecule has 148 valence electrons. The summed E-state index contributed by atoms with van der Waals surface area (Å²) in [6, 6.07) is 28.4. The summed E-state index contributed by atoms with van der Waals surface area (Å²) in [6.45, 7) is 2.07. The van der Waals surface area contributed by atoms with Crippen LogP contribution in [0.5, 0.6) is 0 Å². The Morgan fingerprint density at radius 3 is 1.97 bits per heavy atom. The minimum atomic E-state index is 0.724. The Labute approximate surface area is 181 Å². The molecule has 0 radical (unpaired) electrons. The van der Waals surface area contributed by atoms with Crippen molar-refractivity contribution in [2.45, 2.75) is 6.92 Å². The smallest absolute Gasteiger partial charge is 0.159 e. The van der Waals surface area contributed by atoms with Crippen LogP contribution in [0.1, 0.15) is 5.56 Å². The Morgan fingerprint density at radius 2 is 1.23 bits per heavy atom. The molecule has 3 aromatic carbocycles. The summed E-state index contributed by atoms with van der Waals surface area (Å²) in [7, 11) is 0. The van der Waals surface area contributed by atoms with Gasteiger partial charge in [-0.2, -0.15) is 0 Å². The molecule has 0 aliphatic heterocycles. The molecule has 4 heteroatoms. The largest absolute Gasteiger partial charge is 0.237 e. The molecule has 0 atom stereocenters. The lowest BCUT2D eigenvalue weighted by Gasteiger charge is -2.07. The molecular weight excluding hydrogens is 380 g/mol. The van der Waals surface area contributed by atoms with E-state index in [0.717, 1.165) is 45.2 Å². The van der Waals surface area contributed by atoms with Gasteiger partial charge in [0.05, 0.1) is 5.69 Å². The van der Waals surface area contributed by atoms with E-state index in [2.05, 4.69) is 58.3 Å². The fraction of sp³-hybridized carbons (Fsp3) is 0.0370. The summed E-state index contributed by atoms with van der Waals surface area (Å²) in [5, 5.41) is 0. The maximum absolute atomic E-state index is 4.73. The number of aryl methyl sites for hydroxylation is 1. The van der Waals surface area contributed by atoms with E-state index in [1.807, 2.05) is 60.9 Å². The monoisotopic (exact) mass is 400 g/mol. The van der Waals surface area contributed by atoms with Crippen LogP contribution in [0.4, 0.5) is 0 Å². The molecule has 0 aliphatic rings. The predicted octanol–water partition coefficient (Wildman–Crippen LogP) is 6.24. The number of hydrogen-bond donors (Lipinski definition) is 0. The van der Waals surface area contributed by atoms with E-state index >= 15 is 0 Å². The van der Waals surface area contributed by atoms with Crippen molar-refractivity contribution in [3.63, 3.8) is 0 Å². The molecule has 5 aromatic rings. The molecule has 31 heavy (non-hydrogen) atoms. The second-order valence-electron chi connectivity index (χ2n) is 7.37. The number of nitrogens with zero attached hydrogens (tertiary/aromatic N) is 4. The van der Waals surface area contributed by atoms with Crippen LogP contribution < -0.4 is 0 Å². The van der Waals surface area contributed by atoms with Crippen LogP contribution in [0.2, 0.25) is 0 Å². The van der Waals surface area contributed by atoms with Crippen LogP contribution in [0, 0.1) is 6.92 Å². The number of hydrogen-bond acceptors (Lipinski definition) is 4. The summed E-state index contributed by atoms with van der Waals surface area (Å²) in [5.74, 6) is 1.46. The maximum Gasteiger partial charge on any atom is 0.159 e. The summed E-state index contributed by atoms with van der Waals surface area (Å²) < 4.78 is 0. The molecule has 0 aliphatic carbocycles. The summed E-state index contributed by atoms with van der Waals surface area (Å²) in [6.07, 6.45) is 5.55. The quantitative estimate of drug-likeness (QED) is 0.358. The lowest BCUT2D eigenvalue weighted by molar-refractivity contribution is 1.17. The average molecular weight is 400 g/mol. The normalized spacial score (nSPS) is 10.7. The van der Waals surface area contributed by atoms with Gasteiger partial charge in [0.2, 0.25) is 0 Å². The predicted molar refractivity (Wildman–Crippen MR) is 124 cm³/mol. The molecule has 0 amide bonds. The lowest BCUT2D eigenvalue weighted by Crippen LogP contribution is -1.92. The molecule has 5 rings (SSSR count). The molecule has 0 saturated carbocycles. The van der Waals surface area contributed by atoms with E-state index in [1.165, 1.54) is 5.56 Å².